The van der Waals surface area contributed by atoms with Gasteiger partial charge in [-0.05, 0) is 6.54 Å². The van der Waals surface area contributed by atoms with Gasteiger partial charge < -0.3 is 5.73 Å². The minimum absolute atomic E-state index is 0.194. The number of hydrogen-bond donors (Lipinski definition) is 1. The summed E-state index contributed by atoms with van der Waals surface area (Å²) in [5.74, 6) is 0. The van der Waals surface area contributed by atoms with Gasteiger partial charge in [-0.1, -0.05) is 6.92 Å². The molecule has 0 aromatic heterocycles. The lowest BCUT2D eigenvalue weighted by Gasteiger charge is -1.53. The smallest absolute Gasteiger partial charge is 0.0967 e. The van der Waals surface area contributed by atoms with E-state index in [9.17, 15) is 0 Å². The zero-order valence-corrected chi connectivity index (χ0v) is 5.26. The van der Waals surface area contributed by atoms with E-state index in [0.29, 0.717) is 0 Å². The van der Waals surface area contributed by atoms with Gasteiger partial charge in [0.05, 0.1) is 5.34 Å². The third-order valence-corrected chi connectivity index (χ3v) is 0. The first kappa shape index (κ1) is 9.74. The van der Waals surface area contributed by atoms with E-state index in [1.807, 2.05) is 6.92 Å². The van der Waals surface area contributed by atoms with E-state index < -0.39 is 0 Å². The summed E-state index contributed by atoms with van der Waals surface area (Å²) in [5.41, 5.74) is 4.85. The molecule has 0 saturated carbocycles. The van der Waals surface area contributed by atoms with E-state index in [1.165, 1.54) is 0 Å². The van der Waals surface area contributed by atoms with Gasteiger partial charge in [-0.3, -0.25) is 0 Å². The van der Waals surface area contributed by atoms with Crippen LogP contribution in [0.4, 0.5) is 0 Å². The number of halogens is 2. The van der Waals surface area contributed by atoms with E-state index in [2.05, 4.69) is 0 Å². The highest BCUT2D eigenvalue weighted by Crippen LogP contribution is 1.73. The summed E-state index contributed by atoms with van der Waals surface area (Å²) >= 11 is 9.53. The third-order valence-electron chi connectivity index (χ3n) is 0. The standard InChI is InChI=1S/C2H7N.CH2Cl2/c1-2-3;2-1-3/h2-3H2,1H3;1H2. The largest absolute Gasteiger partial charge is 0.331 e. The molecule has 2 N–H and O–H groups in total. The number of hydrogen-bond acceptors (Lipinski definition) is 1. The van der Waals surface area contributed by atoms with Gasteiger partial charge in [0, 0.05) is 0 Å². The van der Waals surface area contributed by atoms with Crippen LogP contribution in [0.25, 0.3) is 0 Å². The lowest BCUT2D eigenvalue weighted by molar-refractivity contribution is 1.14. The van der Waals surface area contributed by atoms with E-state index in [4.69, 9.17) is 28.9 Å². The molecule has 0 amide bonds. The molecule has 0 unspecified atom stereocenters. The maximum Gasteiger partial charge on any atom is 0.0967 e. The summed E-state index contributed by atoms with van der Waals surface area (Å²) in [4.78, 5) is 0. The number of rotatable bonds is 0. The van der Waals surface area contributed by atoms with Crippen molar-refractivity contribution in [2.75, 3.05) is 11.9 Å². The highest BCUT2D eigenvalue weighted by molar-refractivity contribution is 6.40. The molecule has 1 nitrogen and oxygen atoms in total. The highest BCUT2D eigenvalue weighted by Gasteiger charge is 1.41. The summed E-state index contributed by atoms with van der Waals surface area (Å²) in [5, 5.41) is 0.194. The number of nitrogens with two attached hydrogens (primary N) is 1. The van der Waals surface area contributed by atoms with Gasteiger partial charge >= 0.3 is 0 Å². The normalized spacial score (nSPS) is 6.00. The molecule has 0 aliphatic heterocycles. The summed E-state index contributed by atoms with van der Waals surface area (Å²) in [6.07, 6.45) is 0. The molecule has 0 aromatic carbocycles. The van der Waals surface area contributed by atoms with Gasteiger partial charge in [-0.15, -0.1) is 23.2 Å². The third kappa shape index (κ3) is 195. The minimum atomic E-state index is 0.194. The van der Waals surface area contributed by atoms with Gasteiger partial charge in [0.15, 0.2) is 0 Å². The molecule has 0 aromatic rings. The Morgan fingerprint density at radius 3 is 1.50 bits per heavy atom. The van der Waals surface area contributed by atoms with Crippen LogP contribution in [0.5, 0.6) is 0 Å². The van der Waals surface area contributed by atoms with Gasteiger partial charge in [0.25, 0.3) is 0 Å². The average molecular weight is 130 g/mol. The SMILES string of the molecule is CCN.ClCCl. The van der Waals surface area contributed by atoms with Crippen LogP contribution in [-0.2, 0) is 0 Å². The topological polar surface area (TPSA) is 26.0 Å². The van der Waals surface area contributed by atoms with Crippen LogP contribution in [0.15, 0.2) is 0 Å². The summed E-state index contributed by atoms with van der Waals surface area (Å²) in [6, 6.07) is 0. The first-order chi connectivity index (χ1) is 2.83. The Hall–Kier alpha value is 0.540. The predicted molar refractivity (Wildman–Crippen MR) is 31.3 cm³/mol. The Labute approximate surface area is 48.4 Å². The Morgan fingerprint density at radius 1 is 1.50 bits per heavy atom. The Kier molecular flexibility index (Phi) is 28.7. The Balaban J connectivity index is 0. The van der Waals surface area contributed by atoms with Crippen LogP contribution in [0.2, 0.25) is 0 Å². The monoisotopic (exact) mass is 129 g/mol. The molecule has 6 heavy (non-hydrogen) atoms. The molecule has 0 atom stereocenters. The average Bonchev–Trinajstić information content (AvgIpc) is 1.39. The number of alkyl halides is 2. The first-order valence-corrected chi connectivity index (χ1v) is 2.72. The van der Waals surface area contributed by atoms with Crippen LogP contribution < -0.4 is 5.73 Å². The van der Waals surface area contributed by atoms with E-state index in [-0.39, 0.29) is 5.34 Å². The summed E-state index contributed by atoms with van der Waals surface area (Å²) < 4.78 is 0. The molecule has 40 valence electrons. The Bertz CT molecular complexity index is 10.8. The van der Waals surface area contributed by atoms with Crippen LogP contribution >= 0.6 is 23.2 Å². The highest BCUT2D eigenvalue weighted by atomic mass is 35.5. The predicted octanol–water partition coefficient (Wildman–Crippen LogP) is 1.39. The van der Waals surface area contributed by atoms with Crippen molar-refractivity contribution in [3.63, 3.8) is 0 Å². The van der Waals surface area contributed by atoms with Gasteiger partial charge in [-0.2, -0.15) is 0 Å². The molecule has 0 bridgehead atoms. The van der Waals surface area contributed by atoms with Crippen molar-refractivity contribution in [1.82, 2.24) is 0 Å². The van der Waals surface area contributed by atoms with Crippen molar-refractivity contribution >= 4 is 23.2 Å². The summed E-state index contributed by atoms with van der Waals surface area (Å²) in [7, 11) is 0. The fourth-order valence-electron chi connectivity index (χ4n) is 0. The van der Waals surface area contributed by atoms with Crippen molar-refractivity contribution in [2.24, 2.45) is 5.73 Å². The fraction of sp³-hybridized carbons (Fsp3) is 1.00. The lowest BCUT2D eigenvalue weighted by atomic mass is 10.8. The van der Waals surface area contributed by atoms with Crippen molar-refractivity contribution in [3.05, 3.63) is 0 Å². The van der Waals surface area contributed by atoms with E-state index in [1.54, 1.807) is 0 Å². The van der Waals surface area contributed by atoms with Crippen LogP contribution in [0.3, 0.4) is 0 Å². The van der Waals surface area contributed by atoms with E-state index in [0.717, 1.165) is 6.54 Å². The quantitative estimate of drug-likeness (QED) is 0.492. The van der Waals surface area contributed by atoms with Gasteiger partial charge in [0.2, 0.25) is 0 Å². The molecule has 0 fully saturated rings. The van der Waals surface area contributed by atoms with E-state index >= 15 is 0 Å². The van der Waals surface area contributed by atoms with Crippen LogP contribution in [0, 0.1) is 0 Å². The molecule has 3 heteroatoms. The maximum absolute atomic E-state index is 4.85. The molecule has 0 aliphatic carbocycles. The molecule has 0 radical (unpaired) electrons. The maximum atomic E-state index is 4.85. The summed E-state index contributed by atoms with van der Waals surface area (Å²) in [6.45, 7) is 2.65. The fourth-order valence-corrected chi connectivity index (χ4v) is 0. The second-order valence-electron chi connectivity index (χ2n) is 0.509. The van der Waals surface area contributed by atoms with Crippen molar-refractivity contribution in [3.8, 4) is 0 Å². The van der Waals surface area contributed by atoms with Crippen molar-refractivity contribution < 1.29 is 0 Å². The van der Waals surface area contributed by atoms with Crippen LogP contribution in [0.1, 0.15) is 6.92 Å². The molecule has 0 aliphatic rings. The first-order valence-electron chi connectivity index (χ1n) is 1.65. The molecule has 0 saturated heterocycles. The van der Waals surface area contributed by atoms with Crippen molar-refractivity contribution in [2.45, 2.75) is 6.92 Å². The zero-order chi connectivity index (χ0) is 5.41. The van der Waals surface area contributed by atoms with Crippen molar-refractivity contribution in [1.29, 1.82) is 0 Å². The Morgan fingerprint density at radius 2 is 1.50 bits per heavy atom. The van der Waals surface area contributed by atoms with Gasteiger partial charge in [0.1, 0.15) is 0 Å². The van der Waals surface area contributed by atoms with Gasteiger partial charge in [-0.25, -0.2) is 0 Å². The molecule has 0 heterocycles. The van der Waals surface area contributed by atoms with Crippen LogP contribution in [-0.4, -0.2) is 11.9 Å². The lowest BCUT2D eigenvalue weighted by Crippen LogP contribution is -1.87. The molecular weight excluding hydrogens is 121 g/mol. The second kappa shape index (κ2) is 17.7. The molecule has 0 rings (SSSR count). The molecule has 0 spiro atoms. The molecular formula is C3H9Cl2N. The zero-order valence-electron chi connectivity index (χ0n) is 3.75. The second-order valence-corrected chi connectivity index (χ2v) is 1.32. The minimum Gasteiger partial charge on any atom is -0.331 e.